The maximum Gasteiger partial charge on any atom is 0.416 e. The highest BCUT2D eigenvalue weighted by molar-refractivity contribution is 5.78. The van der Waals surface area contributed by atoms with E-state index in [4.69, 9.17) is 6.42 Å². The van der Waals surface area contributed by atoms with Crippen LogP contribution in [0.1, 0.15) is 24.1 Å². The zero-order valence-electron chi connectivity index (χ0n) is 10.9. The maximum atomic E-state index is 12.6. The van der Waals surface area contributed by atoms with Crippen LogP contribution in [0.2, 0.25) is 0 Å². The second kappa shape index (κ2) is 6.96. The molecule has 1 atom stereocenters. The van der Waals surface area contributed by atoms with Gasteiger partial charge in [-0.1, -0.05) is 18.1 Å². The molecule has 1 aromatic rings. The van der Waals surface area contributed by atoms with Crippen LogP contribution in [0.5, 0.6) is 0 Å². The van der Waals surface area contributed by atoms with Crippen molar-refractivity contribution in [1.29, 1.82) is 0 Å². The fourth-order valence-electron chi connectivity index (χ4n) is 1.61. The summed E-state index contributed by atoms with van der Waals surface area (Å²) < 4.78 is 37.7. The first-order valence-corrected chi connectivity index (χ1v) is 5.95. The number of amides is 1. The molecule has 1 rings (SSSR count). The average Bonchev–Trinajstić information content (AvgIpc) is 2.38. The van der Waals surface area contributed by atoms with E-state index in [9.17, 15) is 18.0 Å². The molecule has 1 aromatic carbocycles. The number of carbonyl (C=O) groups is 1. The Morgan fingerprint density at radius 3 is 2.75 bits per heavy atom. The second-order valence-corrected chi connectivity index (χ2v) is 4.22. The van der Waals surface area contributed by atoms with E-state index >= 15 is 0 Å². The Labute approximate surface area is 115 Å². The molecule has 0 fully saturated rings. The molecule has 6 heteroatoms. The van der Waals surface area contributed by atoms with Crippen molar-refractivity contribution < 1.29 is 18.0 Å². The number of rotatable bonds is 5. The van der Waals surface area contributed by atoms with Gasteiger partial charge in [0.25, 0.3) is 0 Å². The van der Waals surface area contributed by atoms with E-state index in [1.54, 1.807) is 6.92 Å². The molecule has 0 spiro atoms. The Balaban J connectivity index is 2.66. The number of halogens is 3. The van der Waals surface area contributed by atoms with E-state index < -0.39 is 17.8 Å². The topological polar surface area (TPSA) is 41.1 Å². The van der Waals surface area contributed by atoms with Crippen LogP contribution in [0.3, 0.4) is 0 Å². The lowest BCUT2D eigenvalue weighted by Gasteiger charge is -2.16. The molecule has 20 heavy (non-hydrogen) atoms. The van der Waals surface area contributed by atoms with Crippen molar-refractivity contribution in [2.24, 2.45) is 0 Å². The summed E-state index contributed by atoms with van der Waals surface area (Å²) in [6, 6.07) is 4.36. The van der Waals surface area contributed by atoms with Crippen LogP contribution in [0.4, 0.5) is 13.2 Å². The quantitative estimate of drug-likeness (QED) is 0.642. The van der Waals surface area contributed by atoms with Crippen LogP contribution in [0.25, 0.3) is 0 Å². The summed E-state index contributed by atoms with van der Waals surface area (Å²) in [6.45, 7) is 1.90. The molecule has 0 heterocycles. The monoisotopic (exact) mass is 284 g/mol. The highest BCUT2D eigenvalue weighted by atomic mass is 19.4. The lowest BCUT2D eigenvalue weighted by molar-refractivity contribution is -0.137. The van der Waals surface area contributed by atoms with Crippen LogP contribution in [-0.2, 0) is 11.0 Å². The van der Waals surface area contributed by atoms with Gasteiger partial charge in [0.2, 0.25) is 5.91 Å². The molecule has 0 bridgehead atoms. The van der Waals surface area contributed by atoms with Crippen molar-refractivity contribution >= 4 is 5.91 Å². The smallest absolute Gasteiger partial charge is 0.348 e. The molecule has 0 aliphatic carbocycles. The minimum absolute atomic E-state index is 0.0213. The number of terminal acetylenes is 1. The van der Waals surface area contributed by atoms with Gasteiger partial charge in [-0.05, 0) is 24.6 Å². The molecule has 1 unspecified atom stereocenters. The zero-order valence-corrected chi connectivity index (χ0v) is 10.9. The Morgan fingerprint density at radius 2 is 2.15 bits per heavy atom. The Bertz CT molecular complexity index is 506. The van der Waals surface area contributed by atoms with E-state index in [2.05, 4.69) is 16.6 Å². The Kier molecular flexibility index (Phi) is 5.59. The van der Waals surface area contributed by atoms with Gasteiger partial charge in [-0.3, -0.25) is 10.1 Å². The van der Waals surface area contributed by atoms with Crippen LogP contribution in [-0.4, -0.2) is 19.0 Å². The molecule has 2 N–H and O–H groups in total. The summed E-state index contributed by atoms with van der Waals surface area (Å²) in [5.41, 5.74) is -0.341. The molecule has 0 radical (unpaired) electrons. The van der Waals surface area contributed by atoms with E-state index in [0.29, 0.717) is 5.56 Å². The predicted octanol–water partition coefficient (Wildman–Crippen LogP) is 2.11. The number of carbonyl (C=O) groups excluding carboxylic acids is 1. The summed E-state index contributed by atoms with van der Waals surface area (Å²) in [5.74, 6) is 1.99. The van der Waals surface area contributed by atoms with Gasteiger partial charge in [-0.25, -0.2) is 0 Å². The summed E-state index contributed by atoms with van der Waals surface area (Å²) in [4.78, 5) is 11.5. The SMILES string of the molecule is C#CCNCC(=O)NC(C)c1cccc(C(F)(F)F)c1. The first-order chi connectivity index (χ1) is 9.34. The van der Waals surface area contributed by atoms with Crippen molar-refractivity contribution in [2.45, 2.75) is 19.1 Å². The number of nitrogens with one attached hydrogen (secondary N) is 2. The third-order valence-corrected chi connectivity index (χ3v) is 2.60. The van der Waals surface area contributed by atoms with Crippen LogP contribution >= 0.6 is 0 Å². The number of alkyl halides is 3. The number of hydrogen-bond donors (Lipinski definition) is 2. The molecular weight excluding hydrogens is 269 g/mol. The largest absolute Gasteiger partial charge is 0.416 e. The number of benzene rings is 1. The van der Waals surface area contributed by atoms with E-state index in [1.165, 1.54) is 12.1 Å². The van der Waals surface area contributed by atoms with Gasteiger partial charge in [-0.15, -0.1) is 6.42 Å². The third kappa shape index (κ3) is 4.94. The summed E-state index contributed by atoms with van der Waals surface area (Å²) in [7, 11) is 0. The molecule has 108 valence electrons. The molecule has 0 aliphatic rings. The fraction of sp³-hybridized carbons (Fsp3) is 0.357. The van der Waals surface area contributed by atoms with Gasteiger partial charge in [-0.2, -0.15) is 13.2 Å². The Morgan fingerprint density at radius 1 is 1.45 bits per heavy atom. The highest BCUT2D eigenvalue weighted by Crippen LogP contribution is 2.30. The second-order valence-electron chi connectivity index (χ2n) is 4.22. The highest BCUT2D eigenvalue weighted by Gasteiger charge is 2.30. The summed E-state index contributed by atoms with van der Waals surface area (Å²) in [6.07, 6.45) is 0.619. The molecule has 0 saturated carbocycles. The first kappa shape index (κ1) is 16.1. The molecular formula is C14H15F3N2O. The lowest BCUT2D eigenvalue weighted by atomic mass is 10.0. The van der Waals surface area contributed by atoms with Crippen molar-refractivity contribution in [1.82, 2.24) is 10.6 Å². The Hall–Kier alpha value is -2.00. The van der Waals surface area contributed by atoms with Gasteiger partial charge in [0.1, 0.15) is 0 Å². The normalized spacial score (nSPS) is 12.6. The van der Waals surface area contributed by atoms with Crippen molar-refractivity contribution in [3.63, 3.8) is 0 Å². The minimum Gasteiger partial charge on any atom is -0.348 e. The molecule has 0 aliphatic heterocycles. The van der Waals surface area contributed by atoms with Crippen molar-refractivity contribution in [2.75, 3.05) is 13.1 Å². The summed E-state index contributed by atoms with van der Waals surface area (Å²) in [5, 5.41) is 5.30. The minimum atomic E-state index is -4.39. The van der Waals surface area contributed by atoms with Crippen LogP contribution < -0.4 is 10.6 Å². The van der Waals surface area contributed by atoms with E-state index in [1.807, 2.05) is 0 Å². The van der Waals surface area contributed by atoms with Crippen LogP contribution in [0.15, 0.2) is 24.3 Å². The van der Waals surface area contributed by atoms with Gasteiger partial charge < -0.3 is 5.32 Å². The zero-order chi connectivity index (χ0) is 15.2. The number of hydrogen-bond acceptors (Lipinski definition) is 2. The molecule has 0 aromatic heterocycles. The molecule has 1 amide bonds. The predicted molar refractivity (Wildman–Crippen MR) is 69.7 cm³/mol. The van der Waals surface area contributed by atoms with Crippen LogP contribution in [0, 0.1) is 12.3 Å². The standard InChI is InChI=1S/C14H15F3N2O/c1-3-7-18-9-13(20)19-10(2)11-5-4-6-12(8-11)14(15,16)17/h1,4-6,8,10,18H,7,9H2,2H3,(H,19,20). The average molecular weight is 284 g/mol. The van der Waals surface area contributed by atoms with Crippen molar-refractivity contribution in [3.8, 4) is 12.3 Å². The van der Waals surface area contributed by atoms with Crippen molar-refractivity contribution in [3.05, 3.63) is 35.4 Å². The van der Waals surface area contributed by atoms with Gasteiger partial charge >= 0.3 is 6.18 Å². The van der Waals surface area contributed by atoms with E-state index in [-0.39, 0.29) is 19.0 Å². The fourth-order valence-corrected chi connectivity index (χ4v) is 1.61. The molecule has 0 saturated heterocycles. The lowest BCUT2D eigenvalue weighted by Crippen LogP contribution is -2.35. The molecule has 3 nitrogen and oxygen atoms in total. The van der Waals surface area contributed by atoms with Gasteiger partial charge in [0, 0.05) is 0 Å². The summed E-state index contributed by atoms with van der Waals surface area (Å²) >= 11 is 0. The van der Waals surface area contributed by atoms with Gasteiger partial charge in [0.05, 0.1) is 24.7 Å². The third-order valence-electron chi connectivity index (χ3n) is 2.60. The maximum absolute atomic E-state index is 12.6. The van der Waals surface area contributed by atoms with E-state index in [0.717, 1.165) is 12.1 Å². The first-order valence-electron chi connectivity index (χ1n) is 5.95. The van der Waals surface area contributed by atoms with Gasteiger partial charge in [0.15, 0.2) is 0 Å².